The molecule has 2 N–H and O–H groups in total. The number of nitrogens with two attached hydrogens (primary N) is 1. The van der Waals surface area contributed by atoms with Gasteiger partial charge in [0.1, 0.15) is 0 Å². The molecule has 0 atom stereocenters. The van der Waals surface area contributed by atoms with E-state index in [2.05, 4.69) is 43.7 Å². The van der Waals surface area contributed by atoms with Crippen LogP contribution in [-0.2, 0) is 6.54 Å². The quantitative estimate of drug-likeness (QED) is 0.718. The summed E-state index contributed by atoms with van der Waals surface area (Å²) in [5.41, 5.74) is 9.14. The molecule has 15 heavy (non-hydrogen) atoms. The van der Waals surface area contributed by atoms with Crippen LogP contribution in [0.25, 0.3) is 0 Å². The standard InChI is InChI=1S/C13H13BN/c15-10-11-6-8-13(9-7-11)14-12-4-2-1-3-5-12/h1-9H,10,15H2. The molecule has 1 radical (unpaired) electrons. The highest BCUT2D eigenvalue weighted by atomic mass is 14.5. The molecule has 0 spiro atoms. The molecule has 0 unspecified atom stereocenters. The lowest BCUT2D eigenvalue weighted by Crippen LogP contribution is -2.26. The summed E-state index contributed by atoms with van der Waals surface area (Å²) in [4.78, 5) is 0. The minimum atomic E-state index is 0.603. The van der Waals surface area contributed by atoms with Crippen molar-refractivity contribution in [3.8, 4) is 0 Å². The molecule has 2 aromatic carbocycles. The molecule has 2 heteroatoms. The van der Waals surface area contributed by atoms with Crippen LogP contribution in [0.2, 0.25) is 0 Å². The zero-order valence-electron chi connectivity index (χ0n) is 8.56. The molecule has 2 rings (SSSR count). The third kappa shape index (κ3) is 2.70. The van der Waals surface area contributed by atoms with E-state index in [0.717, 1.165) is 0 Å². The fraction of sp³-hybridized carbons (Fsp3) is 0.0769. The summed E-state index contributed by atoms with van der Waals surface area (Å²) in [6.07, 6.45) is 0. The Labute approximate surface area is 91.2 Å². The molecule has 0 aliphatic heterocycles. The van der Waals surface area contributed by atoms with Gasteiger partial charge in [0.05, 0.1) is 0 Å². The minimum Gasteiger partial charge on any atom is -0.326 e. The number of benzene rings is 2. The van der Waals surface area contributed by atoms with Crippen LogP contribution in [0.1, 0.15) is 5.56 Å². The normalized spacial score (nSPS) is 9.93. The monoisotopic (exact) mass is 194 g/mol. The highest BCUT2D eigenvalue weighted by Crippen LogP contribution is 1.94. The lowest BCUT2D eigenvalue weighted by atomic mass is 9.64. The van der Waals surface area contributed by atoms with Crippen molar-refractivity contribution < 1.29 is 0 Å². The molecule has 0 saturated carbocycles. The van der Waals surface area contributed by atoms with E-state index in [1.54, 1.807) is 0 Å². The number of hydrogen-bond donors (Lipinski definition) is 1. The third-order valence-electron chi connectivity index (χ3n) is 2.35. The summed E-state index contributed by atoms with van der Waals surface area (Å²) in [5, 5.41) is 0. The maximum absolute atomic E-state index is 5.54. The van der Waals surface area contributed by atoms with Gasteiger partial charge in [0.25, 0.3) is 0 Å². The highest BCUT2D eigenvalue weighted by Gasteiger charge is 1.97. The molecule has 0 aromatic heterocycles. The molecule has 0 bridgehead atoms. The smallest absolute Gasteiger partial charge is 0.191 e. The van der Waals surface area contributed by atoms with Gasteiger partial charge in [-0.3, -0.25) is 0 Å². The van der Waals surface area contributed by atoms with Crippen LogP contribution in [0.5, 0.6) is 0 Å². The predicted molar refractivity (Wildman–Crippen MR) is 65.8 cm³/mol. The first-order chi connectivity index (χ1) is 7.38. The lowest BCUT2D eigenvalue weighted by molar-refractivity contribution is 1.07. The van der Waals surface area contributed by atoms with Crippen molar-refractivity contribution in [1.82, 2.24) is 0 Å². The average molecular weight is 194 g/mol. The number of hydrogen-bond acceptors (Lipinski definition) is 1. The maximum Gasteiger partial charge on any atom is 0.191 e. The zero-order valence-corrected chi connectivity index (χ0v) is 8.56. The van der Waals surface area contributed by atoms with Gasteiger partial charge in [-0.15, -0.1) is 0 Å². The lowest BCUT2D eigenvalue weighted by Gasteiger charge is -2.01. The van der Waals surface area contributed by atoms with Crippen molar-refractivity contribution in [2.75, 3.05) is 0 Å². The summed E-state index contributed by atoms with van der Waals surface area (Å²) >= 11 is 0. The SMILES string of the molecule is NCc1ccc([B]c2ccccc2)cc1. The number of rotatable bonds is 3. The first-order valence-corrected chi connectivity index (χ1v) is 5.07. The molecule has 0 heterocycles. The van der Waals surface area contributed by atoms with Crippen LogP contribution in [-0.4, -0.2) is 7.28 Å². The van der Waals surface area contributed by atoms with Gasteiger partial charge in [-0.05, 0) is 5.56 Å². The first-order valence-electron chi connectivity index (χ1n) is 5.07. The largest absolute Gasteiger partial charge is 0.326 e. The van der Waals surface area contributed by atoms with Gasteiger partial charge in [0.15, 0.2) is 7.28 Å². The van der Waals surface area contributed by atoms with E-state index < -0.39 is 0 Å². The van der Waals surface area contributed by atoms with Crippen molar-refractivity contribution in [1.29, 1.82) is 0 Å². The Bertz CT molecular complexity index is 408. The van der Waals surface area contributed by atoms with Crippen LogP contribution in [0.15, 0.2) is 54.6 Å². The fourth-order valence-corrected chi connectivity index (χ4v) is 1.49. The maximum atomic E-state index is 5.54. The van der Waals surface area contributed by atoms with Crippen LogP contribution in [0, 0.1) is 0 Å². The van der Waals surface area contributed by atoms with Crippen LogP contribution in [0.3, 0.4) is 0 Å². The van der Waals surface area contributed by atoms with Crippen molar-refractivity contribution in [2.24, 2.45) is 5.73 Å². The summed E-state index contributed by atoms with van der Waals surface area (Å²) in [7, 11) is 2.15. The summed E-state index contributed by atoms with van der Waals surface area (Å²) in [6, 6.07) is 18.6. The molecular weight excluding hydrogens is 181 g/mol. The summed E-state index contributed by atoms with van der Waals surface area (Å²) in [5.74, 6) is 0. The molecule has 2 aromatic rings. The molecule has 0 saturated heterocycles. The van der Waals surface area contributed by atoms with Crippen molar-refractivity contribution in [3.63, 3.8) is 0 Å². The van der Waals surface area contributed by atoms with E-state index in [0.29, 0.717) is 6.54 Å². The fourth-order valence-electron chi connectivity index (χ4n) is 1.49. The van der Waals surface area contributed by atoms with E-state index in [4.69, 9.17) is 5.73 Å². The molecule has 0 aliphatic rings. The molecule has 73 valence electrons. The first kappa shape index (κ1) is 10.00. The van der Waals surface area contributed by atoms with Crippen molar-refractivity contribution in [3.05, 3.63) is 60.2 Å². The van der Waals surface area contributed by atoms with E-state index in [9.17, 15) is 0 Å². The van der Waals surface area contributed by atoms with E-state index in [1.807, 2.05) is 18.2 Å². The second-order valence-corrected chi connectivity index (χ2v) is 3.50. The molecule has 1 nitrogen and oxygen atoms in total. The van der Waals surface area contributed by atoms with Crippen LogP contribution >= 0.6 is 0 Å². The minimum absolute atomic E-state index is 0.603. The molecule has 0 aliphatic carbocycles. The van der Waals surface area contributed by atoms with E-state index in [1.165, 1.54) is 16.5 Å². The topological polar surface area (TPSA) is 26.0 Å². The second kappa shape index (κ2) is 4.81. The Kier molecular flexibility index (Phi) is 3.20. The van der Waals surface area contributed by atoms with Gasteiger partial charge in [-0.1, -0.05) is 65.5 Å². The Morgan fingerprint density at radius 3 is 2.00 bits per heavy atom. The van der Waals surface area contributed by atoms with Crippen LogP contribution in [0.4, 0.5) is 0 Å². The Hall–Kier alpha value is -1.54. The Balaban J connectivity index is 2.11. The van der Waals surface area contributed by atoms with Gasteiger partial charge < -0.3 is 5.73 Å². The van der Waals surface area contributed by atoms with Gasteiger partial charge in [-0.25, -0.2) is 0 Å². The summed E-state index contributed by atoms with van der Waals surface area (Å²) < 4.78 is 0. The van der Waals surface area contributed by atoms with Gasteiger partial charge in [-0.2, -0.15) is 0 Å². The Morgan fingerprint density at radius 2 is 1.40 bits per heavy atom. The molecule has 0 amide bonds. The van der Waals surface area contributed by atoms with Crippen molar-refractivity contribution >= 4 is 18.2 Å². The third-order valence-corrected chi connectivity index (χ3v) is 2.35. The van der Waals surface area contributed by atoms with E-state index >= 15 is 0 Å². The average Bonchev–Trinajstić information content (AvgIpc) is 2.31. The Morgan fingerprint density at radius 1 is 0.800 bits per heavy atom. The predicted octanol–water partition coefficient (Wildman–Crippen LogP) is 0.800. The van der Waals surface area contributed by atoms with Crippen molar-refractivity contribution in [2.45, 2.75) is 6.54 Å². The second-order valence-electron chi connectivity index (χ2n) is 3.50. The van der Waals surface area contributed by atoms with Gasteiger partial charge in [0, 0.05) is 6.54 Å². The zero-order chi connectivity index (χ0) is 10.5. The highest BCUT2D eigenvalue weighted by molar-refractivity contribution is 6.67. The summed E-state index contributed by atoms with van der Waals surface area (Å²) in [6.45, 7) is 0.603. The van der Waals surface area contributed by atoms with Gasteiger partial charge >= 0.3 is 0 Å². The van der Waals surface area contributed by atoms with Crippen LogP contribution < -0.4 is 16.7 Å². The molecule has 0 fully saturated rings. The van der Waals surface area contributed by atoms with E-state index in [-0.39, 0.29) is 0 Å². The van der Waals surface area contributed by atoms with Gasteiger partial charge in [0.2, 0.25) is 0 Å². The molecular formula is C13H13BN.